The van der Waals surface area contributed by atoms with Gasteiger partial charge in [-0.3, -0.25) is 0 Å². The minimum Gasteiger partial charge on any atom is -0.493 e. The van der Waals surface area contributed by atoms with Crippen LogP contribution in [0.25, 0.3) is 0 Å². The van der Waals surface area contributed by atoms with Gasteiger partial charge in [-0.05, 0) is 44.0 Å². The highest BCUT2D eigenvalue weighted by atomic mass is 35.5. The molecular formula is C12H15ClFNO. The molecule has 1 saturated heterocycles. The van der Waals surface area contributed by atoms with E-state index in [0.29, 0.717) is 16.7 Å². The van der Waals surface area contributed by atoms with Gasteiger partial charge < -0.3 is 10.1 Å². The molecule has 0 aromatic heterocycles. The molecular weight excluding hydrogens is 229 g/mol. The Bertz CT molecular complexity index is 378. The molecule has 0 spiro atoms. The van der Waals surface area contributed by atoms with Crippen LogP contribution >= 0.6 is 11.6 Å². The van der Waals surface area contributed by atoms with Crippen LogP contribution in [0.5, 0.6) is 5.75 Å². The molecule has 16 heavy (non-hydrogen) atoms. The number of hydrogen-bond acceptors (Lipinski definition) is 2. The zero-order chi connectivity index (χ0) is 11.5. The molecule has 1 aromatic rings. The van der Waals surface area contributed by atoms with E-state index >= 15 is 0 Å². The van der Waals surface area contributed by atoms with Gasteiger partial charge in [0.05, 0.1) is 7.11 Å². The lowest BCUT2D eigenvalue weighted by Gasteiger charge is -2.14. The summed E-state index contributed by atoms with van der Waals surface area (Å²) in [5, 5.41) is 3.87. The molecule has 1 aliphatic heterocycles. The van der Waals surface area contributed by atoms with Gasteiger partial charge in [-0.25, -0.2) is 4.39 Å². The number of nitrogens with one attached hydrogen (secondary N) is 1. The molecule has 0 bridgehead atoms. The Morgan fingerprint density at radius 3 is 3.00 bits per heavy atom. The summed E-state index contributed by atoms with van der Waals surface area (Å²) in [4.78, 5) is 0. The van der Waals surface area contributed by atoms with E-state index in [1.54, 1.807) is 6.07 Å². The summed E-state index contributed by atoms with van der Waals surface area (Å²) < 4.78 is 18.6. The fourth-order valence-corrected chi connectivity index (χ4v) is 2.39. The second-order valence-electron chi connectivity index (χ2n) is 4.10. The molecule has 1 unspecified atom stereocenters. The van der Waals surface area contributed by atoms with Gasteiger partial charge in [0.1, 0.15) is 0 Å². The van der Waals surface area contributed by atoms with Gasteiger partial charge >= 0.3 is 0 Å². The molecule has 0 radical (unpaired) electrons. The van der Waals surface area contributed by atoms with Gasteiger partial charge in [-0.2, -0.15) is 0 Å². The SMILES string of the molecule is COc1c(F)ccc(Cl)c1CC1CCNC1. The quantitative estimate of drug-likeness (QED) is 0.881. The molecule has 88 valence electrons. The first kappa shape index (κ1) is 11.7. The third-order valence-electron chi connectivity index (χ3n) is 3.01. The molecule has 0 amide bonds. The summed E-state index contributed by atoms with van der Waals surface area (Å²) >= 11 is 6.09. The maximum Gasteiger partial charge on any atom is 0.165 e. The Labute approximate surface area is 99.7 Å². The van der Waals surface area contributed by atoms with E-state index in [4.69, 9.17) is 16.3 Å². The zero-order valence-corrected chi connectivity index (χ0v) is 9.98. The average Bonchev–Trinajstić information content (AvgIpc) is 2.77. The highest BCUT2D eigenvalue weighted by Crippen LogP contribution is 2.32. The van der Waals surface area contributed by atoms with Crippen LogP contribution < -0.4 is 10.1 Å². The smallest absolute Gasteiger partial charge is 0.165 e. The fourth-order valence-electron chi connectivity index (χ4n) is 2.16. The zero-order valence-electron chi connectivity index (χ0n) is 9.22. The molecule has 1 N–H and O–H groups in total. The minimum atomic E-state index is -0.340. The maximum absolute atomic E-state index is 13.5. The van der Waals surface area contributed by atoms with Crippen molar-refractivity contribution in [1.82, 2.24) is 5.32 Å². The monoisotopic (exact) mass is 243 g/mol. The van der Waals surface area contributed by atoms with E-state index < -0.39 is 0 Å². The third-order valence-corrected chi connectivity index (χ3v) is 3.37. The van der Waals surface area contributed by atoms with Crippen molar-refractivity contribution in [3.8, 4) is 5.75 Å². The van der Waals surface area contributed by atoms with Crippen LogP contribution in [0.2, 0.25) is 5.02 Å². The number of hydrogen-bond donors (Lipinski definition) is 1. The molecule has 1 heterocycles. The first-order valence-corrected chi connectivity index (χ1v) is 5.81. The standard InChI is InChI=1S/C12H15ClFNO/c1-16-12-9(6-8-4-5-15-7-8)10(13)2-3-11(12)14/h2-3,8,15H,4-7H2,1H3. The van der Waals surface area contributed by atoms with Crippen molar-refractivity contribution in [2.45, 2.75) is 12.8 Å². The summed E-state index contributed by atoms with van der Waals surface area (Å²) in [7, 11) is 1.48. The minimum absolute atomic E-state index is 0.291. The van der Waals surface area contributed by atoms with Crippen LogP contribution in [-0.2, 0) is 6.42 Å². The topological polar surface area (TPSA) is 21.3 Å². The van der Waals surface area contributed by atoms with Crippen LogP contribution in [0.15, 0.2) is 12.1 Å². The Morgan fingerprint density at radius 2 is 2.38 bits per heavy atom. The number of methoxy groups -OCH3 is 1. The van der Waals surface area contributed by atoms with Gasteiger partial charge in [0.25, 0.3) is 0 Å². The second-order valence-corrected chi connectivity index (χ2v) is 4.51. The normalized spacial score (nSPS) is 20.1. The predicted octanol–water partition coefficient (Wildman–Crippen LogP) is 2.64. The van der Waals surface area contributed by atoms with Crippen LogP contribution in [-0.4, -0.2) is 20.2 Å². The lowest BCUT2D eigenvalue weighted by atomic mass is 9.98. The molecule has 1 fully saturated rings. The van der Waals surface area contributed by atoms with Crippen LogP contribution in [0, 0.1) is 11.7 Å². The van der Waals surface area contributed by atoms with E-state index in [1.165, 1.54) is 13.2 Å². The largest absolute Gasteiger partial charge is 0.493 e. The lowest BCUT2D eigenvalue weighted by Crippen LogP contribution is -2.11. The Balaban J connectivity index is 2.26. The summed E-state index contributed by atoms with van der Waals surface area (Å²) in [5.41, 5.74) is 0.790. The van der Waals surface area contributed by atoms with Crippen molar-refractivity contribution >= 4 is 11.6 Å². The first-order chi connectivity index (χ1) is 7.72. The number of halogens is 2. The van der Waals surface area contributed by atoms with Crippen molar-refractivity contribution < 1.29 is 9.13 Å². The van der Waals surface area contributed by atoms with Crippen LogP contribution in [0.1, 0.15) is 12.0 Å². The number of benzene rings is 1. The van der Waals surface area contributed by atoms with Crippen molar-refractivity contribution in [1.29, 1.82) is 0 Å². The van der Waals surface area contributed by atoms with E-state index in [9.17, 15) is 4.39 Å². The summed E-state index contributed by atoms with van der Waals surface area (Å²) in [6, 6.07) is 2.94. The molecule has 4 heteroatoms. The van der Waals surface area contributed by atoms with E-state index in [2.05, 4.69) is 5.32 Å². The average molecular weight is 244 g/mol. The Kier molecular flexibility index (Phi) is 3.66. The van der Waals surface area contributed by atoms with Crippen molar-refractivity contribution in [3.05, 3.63) is 28.5 Å². The van der Waals surface area contributed by atoms with Gasteiger partial charge in [0.15, 0.2) is 11.6 Å². The molecule has 1 aliphatic rings. The maximum atomic E-state index is 13.5. The Morgan fingerprint density at radius 1 is 1.56 bits per heavy atom. The van der Waals surface area contributed by atoms with Crippen molar-refractivity contribution in [2.24, 2.45) is 5.92 Å². The van der Waals surface area contributed by atoms with E-state index in [1.807, 2.05) is 0 Å². The van der Waals surface area contributed by atoms with Gasteiger partial charge in [-0.1, -0.05) is 11.6 Å². The molecule has 1 aromatic carbocycles. The van der Waals surface area contributed by atoms with Crippen LogP contribution in [0.4, 0.5) is 4.39 Å². The summed E-state index contributed by atoms with van der Waals surface area (Å²) in [6.45, 7) is 2.00. The first-order valence-electron chi connectivity index (χ1n) is 5.44. The van der Waals surface area contributed by atoms with E-state index in [0.717, 1.165) is 31.5 Å². The molecule has 2 rings (SSSR count). The highest BCUT2D eigenvalue weighted by Gasteiger charge is 2.20. The van der Waals surface area contributed by atoms with Gasteiger partial charge in [-0.15, -0.1) is 0 Å². The molecule has 0 aliphatic carbocycles. The predicted molar refractivity (Wildman–Crippen MR) is 62.6 cm³/mol. The second kappa shape index (κ2) is 5.02. The molecule has 1 atom stereocenters. The van der Waals surface area contributed by atoms with Crippen LogP contribution in [0.3, 0.4) is 0 Å². The third kappa shape index (κ3) is 2.30. The Hall–Kier alpha value is -0.800. The fraction of sp³-hybridized carbons (Fsp3) is 0.500. The number of ether oxygens (including phenoxy) is 1. The summed E-state index contributed by atoms with van der Waals surface area (Å²) in [6.07, 6.45) is 1.88. The van der Waals surface area contributed by atoms with Gasteiger partial charge in [0.2, 0.25) is 0 Å². The highest BCUT2D eigenvalue weighted by molar-refractivity contribution is 6.31. The summed E-state index contributed by atoms with van der Waals surface area (Å²) in [5.74, 6) is 0.473. The van der Waals surface area contributed by atoms with Crippen molar-refractivity contribution in [2.75, 3.05) is 20.2 Å². The number of rotatable bonds is 3. The lowest BCUT2D eigenvalue weighted by molar-refractivity contribution is 0.378. The van der Waals surface area contributed by atoms with Gasteiger partial charge in [0, 0.05) is 10.6 Å². The molecule has 0 saturated carbocycles. The van der Waals surface area contributed by atoms with Crippen molar-refractivity contribution in [3.63, 3.8) is 0 Å². The molecule has 2 nitrogen and oxygen atoms in total. The van der Waals surface area contributed by atoms with E-state index in [-0.39, 0.29) is 5.82 Å².